The van der Waals surface area contributed by atoms with Gasteiger partial charge in [0.05, 0.1) is 25.7 Å². The number of rotatable bonds is 6. The topological polar surface area (TPSA) is 0 Å². The average molecular weight is 341 g/mol. The summed E-state index contributed by atoms with van der Waals surface area (Å²) in [6, 6.07) is 16.3. The standard InChI is InChI=1S/C17H20Cl2NS/c1-20(2,13-14-6-4-3-5-7-14)10-11-21-17-9-8-15(18)12-16(17)19/h3-9,12H,10-11,13H2,1-2H3/q+1. The van der Waals surface area contributed by atoms with Gasteiger partial charge in [0.2, 0.25) is 0 Å². The Morgan fingerprint density at radius 2 is 1.71 bits per heavy atom. The third-order valence-corrected chi connectivity index (χ3v) is 5.02. The molecule has 0 radical (unpaired) electrons. The van der Waals surface area contributed by atoms with Crippen LogP contribution >= 0.6 is 35.0 Å². The van der Waals surface area contributed by atoms with E-state index >= 15 is 0 Å². The minimum absolute atomic E-state index is 0.685. The molecule has 0 spiro atoms. The van der Waals surface area contributed by atoms with E-state index in [1.54, 1.807) is 17.8 Å². The maximum absolute atomic E-state index is 6.20. The van der Waals surface area contributed by atoms with Crippen LogP contribution in [0.5, 0.6) is 0 Å². The maximum atomic E-state index is 6.20. The van der Waals surface area contributed by atoms with E-state index in [1.807, 2.05) is 12.1 Å². The van der Waals surface area contributed by atoms with E-state index < -0.39 is 0 Å². The molecule has 0 saturated carbocycles. The van der Waals surface area contributed by atoms with Crippen LogP contribution in [-0.4, -0.2) is 30.9 Å². The molecule has 1 nitrogen and oxygen atoms in total. The van der Waals surface area contributed by atoms with Gasteiger partial charge in [-0.05, 0) is 18.2 Å². The zero-order valence-corrected chi connectivity index (χ0v) is 14.7. The molecule has 0 N–H and O–H groups in total. The highest BCUT2D eigenvalue weighted by Crippen LogP contribution is 2.29. The van der Waals surface area contributed by atoms with Gasteiger partial charge in [-0.15, -0.1) is 11.8 Å². The molecule has 2 aromatic carbocycles. The molecule has 0 heterocycles. The molecular formula is C17H20Cl2NS+. The molecule has 0 atom stereocenters. The summed E-state index contributed by atoms with van der Waals surface area (Å²) in [4.78, 5) is 1.10. The second-order valence-corrected chi connectivity index (χ2v) is 7.71. The fourth-order valence-corrected chi connectivity index (χ4v) is 3.89. The molecule has 0 unspecified atom stereocenters. The first-order chi connectivity index (χ1) is 9.96. The molecule has 0 aliphatic carbocycles. The summed E-state index contributed by atoms with van der Waals surface area (Å²) >= 11 is 13.9. The van der Waals surface area contributed by atoms with Crippen molar-refractivity contribution >= 4 is 35.0 Å². The van der Waals surface area contributed by atoms with E-state index in [4.69, 9.17) is 23.2 Å². The van der Waals surface area contributed by atoms with Gasteiger partial charge in [0, 0.05) is 21.2 Å². The van der Waals surface area contributed by atoms with Gasteiger partial charge >= 0.3 is 0 Å². The first-order valence-corrected chi connectivity index (χ1v) is 8.64. The lowest BCUT2D eigenvalue weighted by Gasteiger charge is -2.29. The smallest absolute Gasteiger partial charge is 0.104 e. The lowest BCUT2D eigenvalue weighted by Crippen LogP contribution is -2.40. The largest absolute Gasteiger partial charge is 0.324 e. The Balaban J connectivity index is 1.87. The van der Waals surface area contributed by atoms with Crippen molar-refractivity contribution in [2.24, 2.45) is 0 Å². The molecule has 112 valence electrons. The number of quaternary nitrogens is 1. The third-order valence-electron chi connectivity index (χ3n) is 3.30. The van der Waals surface area contributed by atoms with Crippen molar-refractivity contribution in [2.45, 2.75) is 11.4 Å². The van der Waals surface area contributed by atoms with Crippen LogP contribution in [0.4, 0.5) is 0 Å². The van der Waals surface area contributed by atoms with E-state index in [0.29, 0.717) is 5.02 Å². The molecule has 4 heteroatoms. The highest BCUT2D eigenvalue weighted by molar-refractivity contribution is 7.99. The molecular weight excluding hydrogens is 321 g/mol. The molecule has 0 saturated heterocycles. The van der Waals surface area contributed by atoms with Crippen LogP contribution in [0.2, 0.25) is 10.0 Å². The number of halogens is 2. The van der Waals surface area contributed by atoms with Crippen LogP contribution in [0, 0.1) is 0 Å². The van der Waals surface area contributed by atoms with Crippen molar-refractivity contribution in [3.63, 3.8) is 0 Å². The zero-order chi connectivity index (χ0) is 15.3. The number of nitrogens with zero attached hydrogens (tertiary/aromatic N) is 1. The molecule has 0 amide bonds. The van der Waals surface area contributed by atoms with Crippen LogP contribution in [0.3, 0.4) is 0 Å². The maximum Gasteiger partial charge on any atom is 0.104 e. The van der Waals surface area contributed by atoms with Crippen LogP contribution in [0.25, 0.3) is 0 Å². The molecule has 2 rings (SSSR count). The fraction of sp³-hybridized carbons (Fsp3) is 0.294. The summed E-state index contributed by atoms with van der Waals surface area (Å²) in [5, 5.41) is 1.42. The van der Waals surface area contributed by atoms with Crippen molar-refractivity contribution in [1.29, 1.82) is 0 Å². The van der Waals surface area contributed by atoms with E-state index in [1.165, 1.54) is 5.56 Å². The van der Waals surface area contributed by atoms with Crippen molar-refractivity contribution in [3.8, 4) is 0 Å². The molecule has 0 aliphatic heterocycles. The number of hydrogen-bond acceptors (Lipinski definition) is 1. The van der Waals surface area contributed by atoms with Gasteiger partial charge in [0.15, 0.2) is 0 Å². The number of thioether (sulfide) groups is 1. The predicted molar refractivity (Wildman–Crippen MR) is 94.3 cm³/mol. The lowest BCUT2D eigenvalue weighted by molar-refractivity contribution is -0.901. The van der Waals surface area contributed by atoms with Crippen molar-refractivity contribution in [1.82, 2.24) is 0 Å². The number of hydrogen-bond donors (Lipinski definition) is 0. The lowest BCUT2D eigenvalue weighted by atomic mass is 10.2. The predicted octanol–water partition coefficient (Wildman–Crippen LogP) is 5.36. The zero-order valence-electron chi connectivity index (χ0n) is 12.4. The monoisotopic (exact) mass is 340 g/mol. The normalized spacial score (nSPS) is 11.6. The van der Waals surface area contributed by atoms with Crippen molar-refractivity contribution in [2.75, 3.05) is 26.4 Å². The van der Waals surface area contributed by atoms with Crippen LogP contribution in [-0.2, 0) is 6.54 Å². The quantitative estimate of drug-likeness (QED) is 0.503. The van der Waals surface area contributed by atoms with E-state index in [-0.39, 0.29) is 0 Å². The molecule has 0 aromatic heterocycles. The molecule has 0 fully saturated rings. The minimum Gasteiger partial charge on any atom is -0.324 e. The Labute approximate surface area is 141 Å². The first kappa shape index (κ1) is 16.7. The average Bonchev–Trinajstić information content (AvgIpc) is 2.42. The van der Waals surface area contributed by atoms with Gasteiger partial charge in [0.1, 0.15) is 6.54 Å². The Morgan fingerprint density at radius 3 is 2.38 bits per heavy atom. The van der Waals surface area contributed by atoms with Crippen molar-refractivity contribution in [3.05, 3.63) is 64.1 Å². The van der Waals surface area contributed by atoms with E-state index in [2.05, 4.69) is 44.4 Å². The summed E-state index contributed by atoms with van der Waals surface area (Å²) in [5.74, 6) is 1.03. The summed E-state index contributed by atoms with van der Waals surface area (Å²) in [6.45, 7) is 2.12. The van der Waals surface area contributed by atoms with E-state index in [9.17, 15) is 0 Å². The molecule has 0 bridgehead atoms. The molecule has 2 aromatic rings. The van der Waals surface area contributed by atoms with Gasteiger partial charge in [-0.1, -0.05) is 53.5 Å². The second kappa shape index (κ2) is 7.55. The fourth-order valence-electron chi connectivity index (χ4n) is 2.15. The third kappa shape index (κ3) is 5.55. The summed E-state index contributed by atoms with van der Waals surface area (Å²) < 4.78 is 0.961. The SMILES string of the molecule is C[N+](C)(CCSc1ccc(Cl)cc1Cl)Cc1ccccc1. The van der Waals surface area contributed by atoms with Gasteiger partial charge in [-0.3, -0.25) is 0 Å². The summed E-state index contributed by atoms with van der Waals surface area (Å²) in [7, 11) is 4.52. The Hall–Kier alpha value is -0.670. The van der Waals surface area contributed by atoms with Gasteiger partial charge in [0.25, 0.3) is 0 Å². The van der Waals surface area contributed by atoms with Gasteiger partial charge in [-0.25, -0.2) is 0 Å². The Kier molecular flexibility index (Phi) is 6.00. The second-order valence-electron chi connectivity index (χ2n) is 5.73. The van der Waals surface area contributed by atoms with Gasteiger partial charge in [-0.2, -0.15) is 0 Å². The highest BCUT2D eigenvalue weighted by atomic mass is 35.5. The van der Waals surface area contributed by atoms with Crippen LogP contribution < -0.4 is 0 Å². The van der Waals surface area contributed by atoms with E-state index in [0.717, 1.165) is 33.2 Å². The van der Waals surface area contributed by atoms with Gasteiger partial charge < -0.3 is 4.48 Å². The summed E-state index contributed by atoms with van der Waals surface area (Å²) in [6.07, 6.45) is 0. The Bertz CT molecular complexity index is 585. The van der Waals surface area contributed by atoms with Crippen LogP contribution in [0.1, 0.15) is 5.56 Å². The summed E-state index contributed by atoms with van der Waals surface area (Å²) in [5.41, 5.74) is 1.37. The first-order valence-electron chi connectivity index (χ1n) is 6.90. The molecule has 21 heavy (non-hydrogen) atoms. The molecule has 0 aliphatic rings. The highest BCUT2D eigenvalue weighted by Gasteiger charge is 2.16. The Morgan fingerprint density at radius 1 is 1.00 bits per heavy atom. The number of benzene rings is 2. The van der Waals surface area contributed by atoms with Crippen LogP contribution in [0.15, 0.2) is 53.4 Å². The minimum atomic E-state index is 0.685. The van der Waals surface area contributed by atoms with Crippen molar-refractivity contribution < 1.29 is 4.48 Å².